The first-order valence-corrected chi connectivity index (χ1v) is 15.0. The molecule has 38 heavy (non-hydrogen) atoms. The number of fused-ring (bicyclic) bond motifs is 4. The van der Waals surface area contributed by atoms with E-state index in [1.165, 1.54) is 5.56 Å². The highest BCUT2D eigenvalue weighted by molar-refractivity contribution is 5.78. The minimum absolute atomic E-state index is 0.0939. The van der Waals surface area contributed by atoms with Crippen LogP contribution in [0.1, 0.15) is 89.6 Å². The summed E-state index contributed by atoms with van der Waals surface area (Å²) in [5.41, 5.74) is 3.31. The van der Waals surface area contributed by atoms with Gasteiger partial charge in [-0.1, -0.05) is 27.7 Å². The molecule has 8 heteroatoms. The molecular formula is C30H49N5O3. The van der Waals surface area contributed by atoms with Crippen molar-refractivity contribution in [1.29, 1.82) is 0 Å². The van der Waals surface area contributed by atoms with Crippen LogP contribution in [0.2, 0.25) is 0 Å². The smallest absolute Gasteiger partial charge is 0.244 e. The molecule has 1 aromatic rings. The molecule has 0 spiro atoms. The zero-order valence-corrected chi connectivity index (χ0v) is 24.5. The van der Waals surface area contributed by atoms with Crippen molar-refractivity contribution in [1.82, 2.24) is 24.9 Å². The number of aromatic nitrogens is 2. The van der Waals surface area contributed by atoms with E-state index in [0.29, 0.717) is 37.8 Å². The van der Waals surface area contributed by atoms with Gasteiger partial charge in [-0.3, -0.25) is 19.1 Å². The molecule has 1 aromatic heterocycles. The van der Waals surface area contributed by atoms with Gasteiger partial charge in [0, 0.05) is 50.3 Å². The summed E-state index contributed by atoms with van der Waals surface area (Å²) in [6, 6.07) is 0.258. The van der Waals surface area contributed by atoms with Crippen molar-refractivity contribution in [3.05, 3.63) is 17.0 Å². The lowest BCUT2D eigenvalue weighted by molar-refractivity contribution is -0.146. The predicted molar refractivity (Wildman–Crippen MR) is 148 cm³/mol. The molecule has 0 aliphatic carbocycles. The van der Waals surface area contributed by atoms with Crippen molar-refractivity contribution in [2.75, 3.05) is 19.6 Å². The summed E-state index contributed by atoms with van der Waals surface area (Å²) in [5, 5.41) is 7.90. The standard InChI is InChI=1S/C30H49N5O3/c1-7-25-21(5)32-35(22(25)6)18-30(38)33-15-23-14-24(17-33)27-9-8-10-28(36)31-26(19(2)3)12-11-20(4)13-29(37)34(27)16-23/h19-20,23-24,26-27H,7-18H2,1-6H3,(H,31,36)/t20-,23+,24-,26+,27+/m1/s1. The minimum atomic E-state index is 0.0939. The minimum Gasteiger partial charge on any atom is -0.353 e. The first-order chi connectivity index (χ1) is 18.1. The molecule has 1 N–H and O–H groups in total. The Kier molecular flexibility index (Phi) is 9.19. The zero-order valence-electron chi connectivity index (χ0n) is 24.5. The number of amides is 3. The van der Waals surface area contributed by atoms with Gasteiger partial charge in [-0.25, -0.2) is 0 Å². The van der Waals surface area contributed by atoms with Gasteiger partial charge in [0.25, 0.3) is 0 Å². The number of nitrogens with zero attached hydrogens (tertiary/aromatic N) is 4. The number of aryl methyl sites for hydroxylation is 1. The van der Waals surface area contributed by atoms with Gasteiger partial charge >= 0.3 is 0 Å². The van der Waals surface area contributed by atoms with E-state index in [9.17, 15) is 14.4 Å². The predicted octanol–water partition coefficient (Wildman–Crippen LogP) is 3.87. The first-order valence-electron chi connectivity index (χ1n) is 15.0. The van der Waals surface area contributed by atoms with Crippen LogP contribution in [0.3, 0.4) is 0 Å². The summed E-state index contributed by atoms with van der Waals surface area (Å²) in [6.45, 7) is 15.0. The molecule has 3 aliphatic heterocycles. The third-order valence-corrected chi connectivity index (χ3v) is 9.36. The summed E-state index contributed by atoms with van der Waals surface area (Å²) in [6.07, 6.45) is 6.46. The van der Waals surface area contributed by atoms with Crippen molar-refractivity contribution in [3.8, 4) is 0 Å². The van der Waals surface area contributed by atoms with Gasteiger partial charge in [0.05, 0.1) is 5.69 Å². The van der Waals surface area contributed by atoms with E-state index in [1.54, 1.807) is 0 Å². The fraction of sp³-hybridized carbons (Fsp3) is 0.800. The third-order valence-electron chi connectivity index (χ3n) is 9.36. The van der Waals surface area contributed by atoms with E-state index in [0.717, 1.165) is 56.5 Å². The second kappa shape index (κ2) is 12.2. The lowest BCUT2D eigenvalue weighted by atomic mass is 9.77. The Morgan fingerprint density at radius 3 is 2.55 bits per heavy atom. The summed E-state index contributed by atoms with van der Waals surface area (Å²) in [5.74, 6) is 1.73. The van der Waals surface area contributed by atoms with Crippen LogP contribution in [0.4, 0.5) is 0 Å². The van der Waals surface area contributed by atoms with Crippen molar-refractivity contribution >= 4 is 17.7 Å². The Balaban J connectivity index is 1.47. The Morgan fingerprint density at radius 2 is 1.87 bits per heavy atom. The van der Waals surface area contributed by atoms with Crippen molar-refractivity contribution in [3.63, 3.8) is 0 Å². The Labute approximate surface area is 228 Å². The van der Waals surface area contributed by atoms with Gasteiger partial charge in [0.15, 0.2) is 0 Å². The molecule has 3 saturated heterocycles. The number of hydrogen-bond acceptors (Lipinski definition) is 4. The highest BCUT2D eigenvalue weighted by atomic mass is 16.2. The quantitative estimate of drug-likeness (QED) is 0.644. The molecule has 5 atom stereocenters. The highest BCUT2D eigenvalue weighted by Gasteiger charge is 2.43. The number of rotatable bonds is 4. The molecule has 3 fully saturated rings. The molecular weight excluding hydrogens is 478 g/mol. The molecule has 0 radical (unpaired) electrons. The van der Waals surface area contributed by atoms with E-state index in [-0.39, 0.29) is 48.2 Å². The van der Waals surface area contributed by atoms with Crippen LogP contribution in [0.15, 0.2) is 0 Å². The number of carbonyl (C=O) groups excluding carboxylic acids is 3. The van der Waals surface area contributed by atoms with Crippen LogP contribution >= 0.6 is 0 Å². The van der Waals surface area contributed by atoms with E-state index in [4.69, 9.17) is 0 Å². The largest absolute Gasteiger partial charge is 0.353 e. The molecule has 8 nitrogen and oxygen atoms in total. The lowest BCUT2D eigenvalue weighted by Gasteiger charge is -2.51. The van der Waals surface area contributed by atoms with Gasteiger partial charge in [0.1, 0.15) is 6.54 Å². The zero-order chi connectivity index (χ0) is 27.6. The van der Waals surface area contributed by atoms with Gasteiger partial charge in [0.2, 0.25) is 17.7 Å². The second-order valence-electron chi connectivity index (χ2n) is 12.6. The fourth-order valence-electron chi connectivity index (χ4n) is 7.14. The summed E-state index contributed by atoms with van der Waals surface area (Å²) >= 11 is 0. The maximum atomic E-state index is 13.6. The number of carbonyl (C=O) groups is 3. The van der Waals surface area contributed by atoms with Crippen LogP contribution in [-0.2, 0) is 27.3 Å². The fourth-order valence-corrected chi connectivity index (χ4v) is 7.14. The van der Waals surface area contributed by atoms with Gasteiger partial charge in [-0.2, -0.15) is 5.10 Å². The molecule has 0 aromatic carbocycles. The summed E-state index contributed by atoms with van der Waals surface area (Å²) in [7, 11) is 0. The molecule has 2 bridgehead atoms. The van der Waals surface area contributed by atoms with E-state index in [2.05, 4.69) is 43.0 Å². The number of nitrogens with one attached hydrogen (secondary N) is 1. The summed E-state index contributed by atoms with van der Waals surface area (Å²) in [4.78, 5) is 43.9. The van der Waals surface area contributed by atoms with Gasteiger partial charge in [-0.15, -0.1) is 0 Å². The number of piperidine rings is 2. The van der Waals surface area contributed by atoms with Gasteiger partial charge in [-0.05, 0) is 81.6 Å². The molecule has 4 rings (SSSR count). The van der Waals surface area contributed by atoms with Crippen molar-refractivity contribution in [2.24, 2.45) is 23.7 Å². The topological polar surface area (TPSA) is 87.5 Å². The average molecular weight is 528 g/mol. The maximum Gasteiger partial charge on any atom is 0.244 e. The lowest BCUT2D eigenvalue weighted by Crippen LogP contribution is -2.60. The molecule has 0 unspecified atom stereocenters. The van der Waals surface area contributed by atoms with E-state index >= 15 is 0 Å². The van der Waals surface area contributed by atoms with E-state index < -0.39 is 0 Å². The highest BCUT2D eigenvalue weighted by Crippen LogP contribution is 2.36. The normalized spacial score (nSPS) is 29.3. The Morgan fingerprint density at radius 1 is 1.11 bits per heavy atom. The summed E-state index contributed by atoms with van der Waals surface area (Å²) < 4.78 is 1.86. The Hall–Kier alpha value is -2.38. The monoisotopic (exact) mass is 527 g/mol. The van der Waals surface area contributed by atoms with Crippen LogP contribution in [0, 0.1) is 37.5 Å². The van der Waals surface area contributed by atoms with Crippen LogP contribution in [-0.4, -0.2) is 69.0 Å². The maximum absolute atomic E-state index is 13.6. The SMILES string of the molecule is CCc1c(C)nn(CC(=O)N2C[C@@H]3C[C@H](C2)[C@@H]2CCCC(=O)N[C@H](C(C)C)CC[C@@H](C)CC(=O)N2C3)c1C. The molecule has 3 amide bonds. The first kappa shape index (κ1) is 28.6. The van der Waals surface area contributed by atoms with Crippen LogP contribution < -0.4 is 5.32 Å². The molecule has 212 valence electrons. The van der Waals surface area contributed by atoms with Crippen LogP contribution in [0.25, 0.3) is 0 Å². The van der Waals surface area contributed by atoms with Crippen molar-refractivity contribution < 1.29 is 14.4 Å². The second-order valence-corrected chi connectivity index (χ2v) is 12.6. The van der Waals surface area contributed by atoms with Crippen molar-refractivity contribution in [2.45, 2.75) is 112 Å². The average Bonchev–Trinajstić information content (AvgIpc) is 3.13. The Bertz CT molecular complexity index is 1020. The number of hydrogen-bond donors (Lipinski definition) is 1. The van der Waals surface area contributed by atoms with Crippen LogP contribution in [0.5, 0.6) is 0 Å². The molecule has 3 aliphatic rings. The molecule has 0 saturated carbocycles. The molecule has 4 heterocycles. The number of likely N-dealkylation sites (tertiary alicyclic amines) is 1. The third kappa shape index (κ3) is 6.42. The van der Waals surface area contributed by atoms with E-state index in [1.807, 2.05) is 23.4 Å². The van der Waals surface area contributed by atoms with Gasteiger partial charge < -0.3 is 15.1 Å².